The van der Waals surface area contributed by atoms with Crippen LogP contribution in [0.1, 0.15) is 24.1 Å². The molecule has 2 aliphatic rings. The van der Waals surface area contributed by atoms with E-state index in [-0.39, 0.29) is 24.6 Å². The van der Waals surface area contributed by atoms with Crippen LogP contribution in [-0.2, 0) is 21.2 Å². The summed E-state index contributed by atoms with van der Waals surface area (Å²) in [5.41, 5.74) is 2.34. The number of hydroxylamine groups is 2. The molecule has 2 fully saturated rings. The van der Waals surface area contributed by atoms with Crippen LogP contribution >= 0.6 is 0 Å². The number of rotatable bonds is 5. The summed E-state index contributed by atoms with van der Waals surface area (Å²) in [4.78, 5) is 8.17. The van der Waals surface area contributed by atoms with E-state index in [0.717, 1.165) is 12.1 Å². The first-order chi connectivity index (χ1) is 12.6. The van der Waals surface area contributed by atoms with Crippen LogP contribution in [0.25, 0.3) is 0 Å². The molecule has 4 rings (SSSR count). The van der Waals surface area contributed by atoms with Gasteiger partial charge in [0.05, 0.1) is 12.6 Å². The average Bonchev–Trinajstić information content (AvgIpc) is 3.25. The van der Waals surface area contributed by atoms with Gasteiger partial charge in [0.15, 0.2) is 9.84 Å². The molecular weight excluding hydrogens is 348 g/mol. The van der Waals surface area contributed by atoms with Gasteiger partial charge in [0.1, 0.15) is 11.4 Å². The maximum Gasteiger partial charge on any atom is 0.158 e. The molecule has 138 valence electrons. The Hall–Kier alpha value is -1.73. The minimum absolute atomic E-state index is 0.0435. The van der Waals surface area contributed by atoms with Crippen LogP contribution in [0.4, 0.5) is 0 Å². The van der Waals surface area contributed by atoms with E-state index in [1.165, 1.54) is 5.56 Å². The first kappa shape index (κ1) is 17.7. The van der Waals surface area contributed by atoms with Crippen molar-refractivity contribution in [2.75, 3.05) is 18.9 Å². The lowest BCUT2D eigenvalue weighted by molar-refractivity contribution is -0.150. The fourth-order valence-corrected chi connectivity index (χ4v) is 5.33. The van der Waals surface area contributed by atoms with Crippen molar-refractivity contribution >= 4 is 9.84 Å². The third kappa shape index (κ3) is 3.18. The van der Waals surface area contributed by atoms with Crippen molar-refractivity contribution in [2.45, 2.75) is 30.9 Å². The van der Waals surface area contributed by atoms with E-state index in [1.807, 2.05) is 41.5 Å². The Kier molecular flexibility index (Phi) is 4.84. The van der Waals surface area contributed by atoms with Crippen molar-refractivity contribution in [3.05, 3.63) is 71.8 Å². The molecule has 0 bridgehead atoms. The normalized spacial score (nSPS) is 26.9. The topological polar surface area (TPSA) is 49.9 Å². The Morgan fingerprint density at radius 1 is 1.04 bits per heavy atom. The van der Waals surface area contributed by atoms with Gasteiger partial charge in [0.25, 0.3) is 0 Å². The van der Waals surface area contributed by atoms with Gasteiger partial charge in [-0.05, 0) is 11.1 Å². The second kappa shape index (κ2) is 7.12. The molecule has 0 amide bonds. The molecule has 2 aliphatic heterocycles. The number of sulfone groups is 1. The van der Waals surface area contributed by atoms with Crippen LogP contribution in [-0.4, -0.2) is 48.7 Å². The molecule has 0 N–H and O–H groups in total. The highest BCUT2D eigenvalue weighted by atomic mass is 32.2. The molecule has 2 heterocycles. The Morgan fingerprint density at radius 3 is 2.35 bits per heavy atom. The molecule has 0 spiro atoms. The second-order valence-electron chi connectivity index (χ2n) is 6.90. The highest BCUT2D eigenvalue weighted by molar-refractivity contribution is 7.92. The molecule has 0 radical (unpaired) electrons. The minimum Gasteiger partial charge on any atom is -0.295 e. The molecular formula is C20H24N2O3S. The summed E-state index contributed by atoms with van der Waals surface area (Å²) in [5, 5.41) is 1.40. The van der Waals surface area contributed by atoms with Crippen molar-refractivity contribution < 1.29 is 13.3 Å². The van der Waals surface area contributed by atoms with Gasteiger partial charge in [-0.15, -0.1) is 0 Å². The first-order valence-corrected chi connectivity index (χ1v) is 10.8. The Labute approximate surface area is 155 Å². The van der Waals surface area contributed by atoms with E-state index >= 15 is 0 Å². The Bertz CT molecular complexity index is 842. The number of hydrogen-bond acceptors (Lipinski definition) is 5. The number of nitrogens with zero attached hydrogens (tertiary/aromatic N) is 2. The SMILES string of the molecule is CCS(=O)(=O)[C@H]1CON2[C@@H](c3ccccc3)CN(Cc3ccccc3)[C@H]12. The number of fused-ring (bicyclic) bond motifs is 1. The highest BCUT2D eigenvalue weighted by Gasteiger charge is 2.53. The maximum atomic E-state index is 12.7. The highest BCUT2D eigenvalue weighted by Crippen LogP contribution is 2.40. The average molecular weight is 372 g/mol. The van der Waals surface area contributed by atoms with Gasteiger partial charge in [-0.25, -0.2) is 8.42 Å². The minimum atomic E-state index is -3.19. The van der Waals surface area contributed by atoms with Crippen LogP contribution in [0.2, 0.25) is 0 Å². The van der Waals surface area contributed by atoms with E-state index in [2.05, 4.69) is 29.2 Å². The summed E-state index contributed by atoms with van der Waals surface area (Å²) in [6.45, 7) is 3.41. The molecule has 0 saturated carbocycles. The van der Waals surface area contributed by atoms with Crippen LogP contribution in [0.5, 0.6) is 0 Å². The Balaban J connectivity index is 1.67. The van der Waals surface area contributed by atoms with E-state index in [4.69, 9.17) is 4.84 Å². The summed E-state index contributed by atoms with van der Waals surface area (Å²) in [6, 6.07) is 20.4. The number of hydrogen-bond donors (Lipinski definition) is 0. The zero-order chi connectivity index (χ0) is 18.1. The fraction of sp³-hybridized carbons (Fsp3) is 0.400. The van der Waals surface area contributed by atoms with Crippen molar-refractivity contribution in [1.29, 1.82) is 0 Å². The predicted molar refractivity (Wildman–Crippen MR) is 101 cm³/mol. The lowest BCUT2D eigenvalue weighted by Gasteiger charge is -2.27. The molecule has 3 atom stereocenters. The molecule has 0 unspecified atom stereocenters. The zero-order valence-electron chi connectivity index (χ0n) is 14.9. The molecule has 2 aromatic carbocycles. The zero-order valence-corrected chi connectivity index (χ0v) is 15.7. The lowest BCUT2D eigenvalue weighted by Crippen LogP contribution is -2.45. The first-order valence-electron chi connectivity index (χ1n) is 9.06. The Morgan fingerprint density at radius 2 is 1.69 bits per heavy atom. The standard InChI is InChI=1S/C20H24N2O3S/c1-2-26(23,24)19-15-25-22-18(17-11-7-4-8-12-17)14-21(20(19)22)13-16-9-5-3-6-10-16/h3-12,18-20H,2,13-15H2,1H3/t18-,19+,20+/m1/s1. The molecule has 0 aromatic heterocycles. The van der Waals surface area contributed by atoms with Crippen LogP contribution in [0.15, 0.2) is 60.7 Å². The van der Waals surface area contributed by atoms with Crippen molar-refractivity contribution in [2.24, 2.45) is 0 Å². The van der Waals surface area contributed by atoms with Crippen molar-refractivity contribution in [1.82, 2.24) is 9.96 Å². The molecule has 6 heteroatoms. The quantitative estimate of drug-likeness (QED) is 0.808. The maximum absolute atomic E-state index is 12.7. The van der Waals surface area contributed by atoms with Gasteiger partial charge in [-0.3, -0.25) is 9.74 Å². The lowest BCUT2D eigenvalue weighted by atomic mass is 10.1. The smallest absolute Gasteiger partial charge is 0.158 e. The van der Waals surface area contributed by atoms with E-state index in [1.54, 1.807) is 6.92 Å². The van der Waals surface area contributed by atoms with Crippen molar-refractivity contribution in [3.63, 3.8) is 0 Å². The van der Waals surface area contributed by atoms with E-state index in [9.17, 15) is 8.42 Å². The molecule has 26 heavy (non-hydrogen) atoms. The third-order valence-electron chi connectivity index (χ3n) is 5.35. The van der Waals surface area contributed by atoms with Crippen molar-refractivity contribution in [3.8, 4) is 0 Å². The monoisotopic (exact) mass is 372 g/mol. The molecule has 5 nitrogen and oxygen atoms in total. The fourth-order valence-electron chi connectivity index (χ4n) is 3.97. The summed E-state index contributed by atoms with van der Waals surface area (Å²) in [5.74, 6) is 0.139. The summed E-state index contributed by atoms with van der Waals surface area (Å²) in [7, 11) is -3.19. The van der Waals surface area contributed by atoms with E-state index < -0.39 is 15.1 Å². The van der Waals surface area contributed by atoms with Gasteiger partial charge in [-0.2, -0.15) is 5.06 Å². The van der Waals surface area contributed by atoms with Gasteiger partial charge in [0, 0.05) is 18.8 Å². The van der Waals surface area contributed by atoms with Gasteiger partial charge >= 0.3 is 0 Å². The largest absolute Gasteiger partial charge is 0.295 e. The molecule has 2 saturated heterocycles. The number of benzene rings is 2. The van der Waals surface area contributed by atoms with Crippen LogP contribution in [0, 0.1) is 0 Å². The third-order valence-corrected chi connectivity index (χ3v) is 7.45. The molecule has 2 aromatic rings. The second-order valence-corrected chi connectivity index (χ2v) is 9.41. The van der Waals surface area contributed by atoms with Crippen LogP contribution in [0.3, 0.4) is 0 Å². The molecule has 0 aliphatic carbocycles. The van der Waals surface area contributed by atoms with Crippen LogP contribution < -0.4 is 0 Å². The van der Waals surface area contributed by atoms with Gasteiger partial charge in [0.2, 0.25) is 0 Å². The summed E-state index contributed by atoms with van der Waals surface area (Å²) >= 11 is 0. The van der Waals surface area contributed by atoms with Gasteiger partial charge in [-0.1, -0.05) is 67.6 Å². The summed E-state index contributed by atoms with van der Waals surface area (Å²) < 4.78 is 25.3. The summed E-state index contributed by atoms with van der Waals surface area (Å²) in [6.07, 6.45) is -0.245. The predicted octanol–water partition coefficient (Wildman–Crippen LogP) is 2.62. The van der Waals surface area contributed by atoms with Gasteiger partial charge < -0.3 is 0 Å². The van der Waals surface area contributed by atoms with E-state index in [0.29, 0.717) is 6.54 Å².